The van der Waals surface area contributed by atoms with Crippen LogP contribution in [0.3, 0.4) is 0 Å². The van der Waals surface area contributed by atoms with Gasteiger partial charge in [0.1, 0.15) is 0 Å². The molecule has 21 heavy (non-hydrogen) atoms. The summed E-state index contributed by atoms with van der Waals surface area (Å²) in [6.07, 6.45) is -2.59. The largest absolute Gasteiger partial charge is 1.00 e. The van der Waals surface area contributed by atoms with Crippen molar-refractivity contribution >= 4 is 17.9 Å². The van der Waals surface area contributed by atoms with Crippen molar-refractivity contribution in [2.75, 3.05) is 0 Å². The van der Waals surface area contributed by atoms with Gasteiger partial charge in [-0.2, -0.15) is 0 Å². The number of hydrogen-bond donors (Lipinski definition) is 2. The molecule has 0 aliphatic carbocycles. The van der Waals surface area contributed by atoms with E-state index in [0.717, 1.165) is 0 Å². The number of aliphatic hydroxyl groups is 1. The molecule has 0 atom stereocenters. The summed E-state index contributed by atoms with van der Waals surface area (Å²) in [5.74, 6) is -5.65. The summed E-state index contributed by atoms with van der Waals surface area (Å²) in [5, 5.41) is 37.2. The number of carbonyl (C=O) groups excluding carboxylic acids is 2. The number of hydrogen-bond acceptors (Lipinski definition) is 6. The minimum atomic E-state index is -2.86. The molecule has 0 aromatic heterocycles. The van der Waals surface area contributed by atoms with E-state index in [1.54, 1.807) is 0 Å². The van der Waals surface area contributed by atoms with Crippen LogP contribution in [0.15, 0.2) is 0 Å². The van der Waals surface area contributed by atoms with Gasteiger partial charge < -0.3 is 62.9 Å². The van der Waals surface area contributed by atoms with Crippen LogP contribution in [-0.2, 0) is 14.4 Å². The molecule has 0 aromatic rings. The van der Waals surface area contributed by atoms with Gasteiger partial charge in [-0.3, -0.25) is 0 Å². The molecule has 0 unspecified atom stereocenters. The van der Waals surface area contributed by atoms with Gasteiger partial charge in [-0.25, -0.2) is 4.79 Å². The number of rotatable bonds is 5. The van der Waals surface area contributed by atoms with Crippen molar-refractivity contribution in [3.63, 3.8) is 0 Å². The van der Waals surface area contributed by atoms with Gasteiger partial charge in [0.15, 0.2) is 5.60 Å². The third kappa shape index (κ3) is 25.4. The molecule has 0 aliphatic heterocycles. The van der Waals surface area contributed by atoms with Gasteiger partial charge in [-0.15, -0.1) is 0 Å². The molecule has 0 bridgehead atoms. The summed E-state index contributed by atoms with van der Waals surface area (Å²) in [5.41, 5.74) is -2.86. The third-order valence-electron chi connectivity index (χ3n) is 1.27. The molecule has 15 heteroatoms. The molecule has 0 saturated heterocycles. The van der Waals surface area contributed by atoms with E-state index >= 15 is 0 Å². The van der Waals surface area contributed by atoms with Gasteiger partial charge in [0.2, 0.25) is 0 Å². The number of aliphatic carboxylic acids is 3. The monoisotopic (exact) mass is 344 g/mol. The molecular weight excluding hydrogens is 326 g/mol. The van der Waals surface area contributed by atoms with Crippen molar-refractivity contribution in [1.29, 1.82) is 0 Å². The van der Waals surface area contributed by atoms with Crippen LogP contribution in [0, 0.1) is 0 Å². The molecule has 0 radical (unpaired) electrons. The van der Waals surface area contributed by atoms with Crippen LogP contribution >= 0.6 is 0 Å². The van der Waals surface area contributed by atoms with Crippen molar-refractivity contribution in [2.24, 2.45) is 0 Å². The smallest absolute Gasteiger partial charge is 0.550 e. The minimum absolute atomic E-state index is 0. The van der Waals surface area contributed by atoms with Gasteiger partial charge in [0.05, 0.1) is 0 Å². The third-order valence-corrected chi connectivity index (χ3v) is 1.27. The van der Waals surface area contributed by atoms with Crippen molar-refractivity contribution in [2.45, 2.75) is 18.4 Å². The Morgan fingerprint density at radius 3 is 1.05 bits per heavy atom. The summed E-state index contributed by atoms with van der Waals surface area (Å²) in [4.78, 5) is 30.2. The average molecular weight is 344 g/mol. The number of carboxylic acids is 3. The van der Waals surface area contributed by atoms with Crippen molar-refractivity contribution in [3.8, 4) is 0 Å². The Morgan fingerprint density at radius 2 is 0.952 bits per heavy atom. The molecule has 0 rings (SSSR count). The molecule has 13 nitrogen and oxygen atoms in total. The molecule has 0 aromatic carbocycles. The first-order valence-corrected chi connectivity index (χ1v) is 3.13. The summed E-state index contributed by atoms with van der Waals surface area (Å²) in [6, 6.07) is 0. The first kappa shape index (κ1) is 58.2. The second kappa shape index (κ2) is 25.1. The molecule has 122 valence electrons. The standard InChI is InChI=1S/C6H8O7.2Na.6H2O/c7-3(8)1-6(13,5(11)12)2-4(9)10;;;;;;;;/h13H,1-2H2,(H,7,8)(H,9,10)(H,11,12);;;6*1H2/q;2*+1;;;;;;/p-2. The maximum absolute atomic E-state index is 10.3. The fourth-order valence-electron chi connectivity index (χ4n) is 0.691. The quantitative estimate of drug-likeness (QED) is 0.452. The van der Waals surface area contributed by atoms with Crippen LogP contribution in [0.5, 0.6) is 0 Å². The van der Waals surface area contributed by atoms with E-state index in [9.17, 15) is 24.6 Å². The summed E-state index contributed by atoms with van der Waals surface area (Å²) in [7, 11) is 0. The second-order valence-corrected chi connectivity index (χ2v) is 2.43. The topological polar surface area (TPSA) is 327 Å². The zero-order chi connectivity index (χ0) is 10.6. The van der Waals surface area contributed by atoms with Gasteiger partial charge >= 0.3 is 65.1 Å². The maximum Gasteiger partial charge on any atom is 1.00 e. The predicted octanol–water partition coefficient (Wildman–Crippen LogP) is -14.9. The van der Waals surface area contributed by atoms with Crippen LogP contribution in [0.4, 0.5) is 0 Å². The van der Waals surface area contributed by atoms with Gasteiger partial charge in [-0.1, -0.05) is 0 Å². The van der Waals surface area contributed by atoms with E-state index in [1.165, 1.54) is 0 Å². The van der Waals surface area contributed by atoms with Crippen molar-refractivity contribution in [1.82, 2.24) is 0 Å². The zero-order valence-corrected chi connectivity index (χ0v) is 15.3. The average Bonchev–Trinajstić information content (AvgIpc) is 1.82. The normalized spacial score (nSPS) is 6.71. The van der Waals surface area contributed by atoms with Crippen LogP contribution < -0.4 is 69.3 Å². The van der Waals surface area contributed by atoms with Gasteiger partial charge in [0, 0.05) is 24.8 Å². The molecule has 14 N–H and O–H groups in total. The Kier molecular flexibility index (Phi) is 69.6. The SMILES string of the molecule is O.O.O.O.O.O.O=C([O-])CC(O)(CC(=O)[O-])C(=O)O.[Na+].[Na+]. The van der Waals surface area contributed by atoms with Crippen LogP contribution in [0.25, 0.3) is 0 Å². The van der Waals surface area contributed by atoms with Gasteiger partial charge in [0.25, 0.3) is 0 Å². The first-order valence-electron chi connectivity index (χ1n) is 3.13. The zero-order valence-electron chi connectivity index (χ0n) is 11.3. The molecular formula is C6H18Na2O13. The molecule has 0 saturated carbocycles. The van der Waals surface area contributed by atoms with Crippen LogP contribution in [-0.4, -0.2) is 66.6 Å². The summed E-state index contributed by atoms with van der Waals surface area (Å²) >= 11 is 0. The van der Waals surface area contributed by atoms with E-state index in [4.69, 9.17) is 10.2 Å². The Morgan fingerprint density at radius 1 is 0.762 bits per heavy atom. The Labute approximate surface area is 162 Å². The number of carboxylic acid groups (broad SMARTS) is 3. The Hall–Kier alpha value is 0.130. The minimum Gasteiger partial charge on any atom is -0.550 e. The van der Waals surface area contributed by atoms with E-state index in [2.05, 4.69) is 0 Å². The maximum atomic E-state index is 10.3. The molecule has 0 spiro atoms. The van der Waals surface area contributed by atoms with E-state index in [-0.39, 0.29) is 92.0 Å². The fourth-order valence-corrected chi connectivity index (χ4v) is 0.691. The molecule has 0 fully saturated rings. The Balaban J connectivity index is -0.0000000257. The second-order valence-electron chi connectivity index (χ2n) is 2.43. The fraction of sp³-hybridized carbons (Fsp3) is 0.500. The Bertz CT molecular complexity index is 241. The van der Waals surface area contributed by atoms with Crippen molar-refractivity contribution < 1.29 is 127 Å². The van der Waals surface area contributed by atoms with Gasteiger partial charge in [-0.05, 0) is 0 Å². The van der Waals surface area contributed by atoms with Crippen molar-refractivity contribution in [3.05, 3.63) is 0 Å². The predicted molar refractivity (Wildman–Crippen MR) is 53.5 cm³/mol. The van der Waals surface area contributed by atoms with E-state index in [0.29, 0.717) is 0 Å². The summed E-state index contributed by atoms with van der Waals surface area (Å²) in [6.45, 7) is 0. The summed E-state index contributed by atoms with van der Waals surface area (Å²) < 4.78 is 0. The van der Waals surface area contributed by atoms with E-state index in [1.807, 2.05) is 0 Å². The van der Waals surface area contributed by atoms with Crippen LogP contribution in [0.2, 0.25) is 0 Å². The molecule has 0 amide bonds. The first-order chi connectivity index (χ1) is 5.78. The molecule has 0 heterocycles. The molecule has 0 aliphatic rings. The van der Waals surface area contributed by atoms with Crippen LogP contribution in [0.1, 0.15) is 12.8 Å². The van der Waals surface area contributed by atoms with E-state index < -0.39 is 36.4 Å². The number of carbonyl (C=O) groups is 3.